The number of ether oxygens (including phenoxy) is 1. The first kappa shape index (κ1) is 27.2. The molecular formula is C26H21Br3N4O4. The van der Waals surface area contributed by atoms with Gasteiger partial charge in [0.2, 0.25) is 0 Å². The molecule has 0 N–H and O–H groups in total. The van der Waals surface area contributed by atoms with E-state index in [2.05, 4.69) is 52.9 Å². The van der Waals surface area contributed by atoms with Gasteiger partial charge in [0, 0.05) is 42.6 Å². The molecule has 4 rings (SSSR count). The largest absolute Gasteiger partial charge is 0.488 e. The fraction of sp³-hybridized carbons (Fsp3) is 0.192. The van der Waals surface area contributed by atoms with Crippen LogP contribution in [-0.4, -0.2) is 20.8 Å². The normalized spacial score (nSPS) is 12.2. The summed E-state index contributed by atoms with van der Waals surface area (Å²) < 4.78 is 9.80. The summed E-state index contributed by atoms with van der Waals surface area (Å²) in [5.41, 5.74) is 1.38. The average Bonchev–Trinajstić information content (AvgIpc) is 2.87. The van der Waals surface area contributed by atoms with Gasteiger partial charge < -0.3 is 4.74 Å². The lowest BCUT2D eigenvalue weighted by Crippen LogP contribution is -2.23. The Kier molecular flexibility index (Phi) is 8.56. The molecule has 0 aliphatic carbocycles. The van der Waals surface area contributed by atoms with E-state index < -0.39 is 4.92 Å². The molecule has 0 amide bonds. The molecule has 11 heteroatoms. The molecular weight excluding hydrogens is 672 g/mol. The molecule has 1 aromatic heterocycles. The van der Waals surface area contributed by atoms with Crippen molar-refractivity contribution in [2.45, 2.75) is 32.8 Å². The van der Waals surface area contributed by atoms with E-state index in [-0.39, 0.29) is 23.8 Å². The molecule has 4 aromatic rings. The number of halogens is 3. The molecule has 37 heavy (non-hydrogen) atoms. The standard InChI is InChI=1S/C26H21Br3N4O4/c1-3-15(2)25-31-23-8-6-18(27)11-21(23)26(34)32(25)30-13-17-10-20(33(35)36)7-9-24(17)37-14-16-4-5-19(28)12-22(16)29/h4-13,15H,3,14H2,1-2H3/t15-/m0/s1. The van der Waals surface area contributed by atoms with Gasteiger partial charge in [0.15, 0.2) is 0 Å². The third-order valence-electron chi connectivity index (χ3n) is 5.80. The van der Waals surface area contributed by atoms with E-state index in [1.807, 2.05) is 38.1 Å². The lowest BCUT2D eigenvalue weighted by atomic mass is 10.1. The molecule has 0 saturated heterocycles. The van der Waals surface area contributed by atoms with E-state index in [1.165, 1.54) is 29.1 Å². The van der Waals surface area contributed by atoms with Crippen molar-refractivity contribution in [2.24, 2.45) is 5.10 Å². The van der Waals surface area contributed by atoms with Crippen molar-refractivity contribution in [3.8, 4) is 5.75 Å². The van der Waals surface area contributed by atoms with Crippen molar-refractivity contribution in [1.82, 2.24) is 9.66 Å². The Hall–Kier alpha value is -2.89. The molecule has 0 fully saturated rings. The number of benzene rings is 3. The second-order valence-corrected chi connectivity index (χ2v) is 11.0. The summed E-state index contributed by atoms with van der Waals surface area (Å²) in [6, 6.07) is 15.3. The molecule has 0 aliphatic rings. The van der Waals surface area contributed by atoms with Gasteiger partial charge >= 0.3 is 0 Å². The summed E-state index contributed by atoms with van der Waals surface area (Å²) >= 11 is 10.3. The van der Waals surface area contributed by atoms with Crippen molar-refractivity contribution in [3.05, 3.63) is 105 Å². The van der Waals surface area contributed by atoms with Crippen LogP contribution >= 0.6 is 47.8 Å². The van der Waals surface area contributed by atoms with Crippen LogP contribution in [0.2, 0.25) is 0 Å². The molecule has 0 unspecified atom stereocenters. The second kappa shape index (κ2) is 11.7. The predicted molar refractivity (Wildman–Crippen MR) is 155 cm³/mol. The zero-order valence-electron chi connectivity index (χ0n) is 19.8. The highest BCUT2D eigenvalue weighted by atomic mass is 79.9. The van der Waals surface area contributed by atoms with E-state index in [0.29, 0.717) is 28.0 Å². The Morgan fingerprint density at radius 3 is 2.54 bits per heavy atom. The van der Waals surface area contributed by atoms with E-state index in [9.17, 15) is 14.9 Å². The highest BCUT2D eigenvalue weighted by Crippen LogP contribution is 2.27. The highest BCUT2D eigenvalue weighted by molar-refractivity contribution is 9.11. The zero-order chi connectivity index (χ0) is 26.7. The number of nitro groups is 1. The van der Waals surface area contributed by atoms with Crippen molar-refractivity contribution in [3.63, 3.8) is 0 Å². The van der Waals surface area contributed by atoms with Gasteiger partial charge in [0.1, 0.15) is 18.2 Å². The van der Waals surface area contributed by atoms with E-state index >= 15 is 0 Å². The van der Waals surface area contributed by atoms with Crippen LogP contribution in [0.25, 0.3) is 10.9 Å². The Morgan fingerprint density at radius 2 is 1.84 bits per heavy atom. The van der Waals surface area contributed by atoms with Crippen LogP contribution in [0.15, 0.2) is 77.9 Å². The van der Waals surface area contributed by atoms with Crippen LogP contribution in [0.4, 0.5) is 5.69 Å². The number of hydrogen-bond donors (Lipinski definition) is 0. The number of aromatic nitrogens is 2. The minimum absolute atomic E-state index is 0.0477. The molecule has 3 aromatic carbocycles. The Morgan fingerprint density at radius 1 is 1.11 bits per heavy atom. The SMILES string of the molecule is CC[C@H](C)c1nc2ccc(Br)cc2c(=O)n1N=Cc1cc([N+](=O)[O-])ccc1OCc1ccc(Br)cc1Br. The molecule has 0 aliphatic heterocycles. The average molecular weight is 693 g/mol. The lowest BCUT2D eigenvalue weighted by molar-refractivity contribution is -0.384. The third kappa shape index (κ3) is 6.16. The quantitative estimate of drug-likeness (QED) is 0.108. The summed E-state index contributed by atoms with van der Waals surface area (Å²) in [6.45, 7) is 4.19. The lowest BCUT2D eigenvalue weighted by Gasteiger charge is -2.14. The number of nitrogens with zero attached hydrogens (tertiary/aromatic N) is 4. The molecule has 8 nitrogen and oxygen atoms in total. The van der Waals surface area contributed by atoms with Gasteiger partial charge in [-0.15, -0.1) is 0 Å². The Bertz CT molecular complexity index is 1590. The Balaban J connectivity index is 1.78. The highest BCUT2D eigenvalue weighted by Gasteiger charge is 2.17. The maximum atomic E-state index is 13.4. The molecule has 190 valence electrons. The summed E-state index contributed by atoms with van der Waals surface area (Å²) in [7, 11) is 0. The van der Waals surface area contributed by atoms with Crippen molar-refractivity contribution in [2.75, 3.05) is 0 Å². The number of nitro benzene ring substituents is 1. The maximum Gasteiger partial charge on any atom is 0.282 e. The monoisotopic (exact) mass is 690 g/mol. The summed E-state index contributed by atoms with van der Waals surface area (Å²) in [5.74, 6) is 0.845. The molecule has 0 radical (unpaired) electrons. The summed E-state index contributed by atoms with van der Waals surface area (Å²) in [5, 5.41) is 16.3. The van der Waals surface area contributed by atoms with E-state index in [4.69, 9.17) is 9.72 Å². The van der Waals surface area contributed by atoms with Crippen LogP contribution in [0.3, 0.4) is 0 Å². The maximum absolute atomic E-state index is 13.4. The first-order valence-electron chi connectivity index (χ1n) is 11.3. The minimum Gasteiger partial charge on any atom is -0.488 e. The van der Waals surface area contributed by atoms with Gasteiger partial charge in [0.25, 0.3) is 11.2 Å². The van der Waals surface area contributed by atoms with Crippen molar-refractivity contribution >= 4 is 70.6 Å². The molecule has 0 bridgehead atoms. The van der Waals surface area contributed by atoms with Crippen LogP contribution in [0.1, 0.15) is 43.1 Å². The topological polar surface area (TPSA) is 99.6 Å². The fourth-order valence-corrected chi connectivity index (χ4v) is 5.10. The van der Waals surface area contributed by atoms with E-state index in [1.54, 1.807) is 12.1 Å². The Labute approximate surface area is 237 Å². The predicted octanol–water partition coefficient (Wildman–Crippen LogP) is 7.57. The summed E-state index contributed by atoms with van der Waals surface area (Å²) in [4.78, 5) is 29.1. The van der Waals surface area contributed by atoms with Crippen LogP contribution in [-0.2, 0) is 6.61 Å². The first-order chi connectivity index (χ1) is 17.7. The molecule has 1 atom stereocenters. The fourth-order valence-electron chi connectivity index (χ4n) is 3.58. The van der Waals surface area contributed by atoms with Gasteiger partial charge in [0.05, 0.1) is 22.0 Å². The zero-order valence-corrected chi connectivity index (χ0v) is 24.6. The van der Waals surface area contributed by atoms with Crippen LogP contribution < -0.4 is 10.3 Å². The molecule has 0 spiro atoms. The minimum atomic E-state index is -0.488. The summed E-state index contributed by atoms with van der Waals surface area (Å²) in [6.07, 6.45) is 2.15. The molecule has 0 saturated carbocycles. The van der Waals surface area contributed by atoms with Gasteiger partial charge in [-0.25, -0.2) is 4.98 Å². The van der Waals surface area contributed by atoms with E-state index in [0.717, 1.165) is 25.4 Å². The number of fused-ring (bicyclic) bond motifs is 1. The van der Waals surface area contributed by atoms with Crippen molar-refractivity contribution < 1.29 is 9.66 Å². The smallest absolute Gasteiger partial charge is 0.282 e. The number of non-ortho nitro benzene ring substituents is 1. The third-order valence-corrected chi connectivity index (χ3v) is 7.53. The number of hydrogen-bond acceptors (Lipinski definition) is 6. The van der Waals surface area contributed by atoms with Gasteiger partial charge in [-0.1, -0.05) is 67.7 Å². The van der Waals surface area contributed by atoms with Gasteiger partial charge in [-0.3, -0.25) is 14.9 Å². The van der Waals surface area contributed by atoms with Crippen molar-refractivity contribution in [1.29, 1.82) is 0 Å². The first-order valence-corrected chi connectivity index (χ1v) is 13.7. The van der Waals surface area contributed by atoms with Gasteiger partial charge in [-0.05, 0) is 42.8 Å². The van der Waals surface area contributed by atoms with Crippen LogP contribution in [0.5, 0.6) is 5.75 Å². The van der Waals surface area contributed by atoms with Crippen LogP contribution in [0, 0.1) is 10.1 Å². The number of rotatable bonds is 8. The van der Waals surface area contributed by atoms with Gasteiger partial charge in [-0.2, -0.15) is 9.78 Å². The molecule has 1 heterocycles. The second-order valence-electron chi connectivity index (χ2n) is 8.31.